The number of rotatable bonds is 5. The van der Waals surface area contributed by atoms with Crippen LogP contribution in [0.4, 0.5) is 9.59 Å². The Morgan fingerprint density at radius 1 is 1.07 bits per heavy atom. The van der Waals surface area contributed by atoms with Crippen molar-refractivity contribution in [1.29, 1.82) is 0 Å². The molecule has 1 aromatic carbocycles. The first kappa shape index (κ1) is 20.6. The van der Waals surface area contributed by atoms with E-state index in [0.717, 1.165) is 12.5 Å². The molecule has 1 unspecified atom stereocenters. The van der Waals surface area contributed by atoms with Gasteiger partial charge in [0.1, 0.15) is 0 Å². The highest BCUT2D eigenvalue weighted by atomic mass is 32.2. The summed E-state index contributed by atoms with van der Waals surface area (Å²) in [6, 6.07) is 1.12. The Morgan fingerprint density at radius 2 is 1.63 bits per heavy atom. The first-order chi connectivity index (χ1) is 12.3. The number of hydrogen-bond acceptors (Lipinski definition) is 7. The van der Waals surface area contributed by atoms with Crippen LogP contribution in [0.25, 0.3) is 0 Å². The van der Waals surface area contributed by atoms with Crippen molar-refractivity contribution in [2.75, 3.05) is 25.6 Å². The van der Waals surface area contributed by atoms with Crippen LogP contribution in [0.3, 0.4) is 0 Å². The van der Waals surface area contributed by atoms with Crippen molar-refractivity contribution in [3.8, 4) is 0 Å². The van der Waals surface area contributed by atoms with Gasteiger partial charge < -0.3 is 10.4 Å². The lowest BCUT2D eigenvalue weighted by atomic mass is 10.1. The van der Waals surface area contributed by atoms with Gasteiger partial charge in [-0.05, 0) is 17.7 Å². The Kier molecular flexibility index (Phi) is 5.47. The van der Waals surface area contributed by atoms with Crippen LogP contribution in [-0.2, 0) is 24.7 Å². The first-order valence-electron chi connectivity index (χ1n) is 7.45. The molecule has 0 spiro atoms. The van der Waals surface area contributed by atoms with Crippen molar-refractivity contribution >= 4 is 37.9 Å². The van der Waals surface area contributed by atoms with Gasteiger partial charge in [-0.25, -0.2) is 40.4 Å². The smallest absolute Gasteiger partial charge is 0.341 e. The maximum Gasteiger partial charge on any atom is 0.341 e. The Hall–Kier alpha value is -2.67. The second-order valence-electron chi connectivity index (χ2n) is 5.83. The van der Waals surface area contributed by atoms with E-state index >= 15 is 0 Å². The van der Waals surface area contributed by atoms with Gasteiger partial charge in [0.25, 0.3) is 0 Å². The van der Waals surface area contributed by atoms with Crippen molar-refractivity contribution < 1.29 is 36.3 Å². The predicted molar refractivity (Wildman–Crippen MR) is 92.1 cm³/mol. The van der Waals surface area contributed by atoms with E-state index in [4.69, 9.17) is 0 Å². The molecule has 2 N–H and O–H groups in total. The highest BCUT2D eigenvalue weighted by Crippen LogP contribution is 2.19. The molecular formula is C14H17N3O8S2. The van der Waals surface area contributed by atoms with Crippen molar-refractivity contribution in [2.45, 2.75) is 10.9 Å². The number of carboxylic acids is 1. The number of aliphatic carboxylic acids is 1. The summed E-state index contributed by atoms with van der Waals surface area (Å²) in [5.74, 6) is -1.44. The maximum atomic E-state index is 12.3. The molecule has 1 aliphatic rings. The topological polar surface area (TPSA) is 158 Å². The van der Waals surface area contributed by atoms with Crippen molar-refractivity contribution in [2.24, 2.45) is 0 Å². The molecule has 1 aromatic rings. The van der Waals surface area contributed by atoms with Gasteiger partial charge in [0.2, 0.25) is 10.0 Å². The summed E-state index contributed by atoms with van der Waals surface area (Å²) in [5, 5.41) is 11.5. The van der Waals surface area contributed by atoms with Crippen molar-refractivity contribution in [3.63, 3.8) is 0 Å². The standard InChI is InChI=1S/C14H17N3O8S2/c1-26(22,23)10-5-3-9(4-6-10)11(12(18)19)15-13(20)16-7-8-17(14(16)21)27(2,24)25/h3-6,11H,7-8H2,1-2H3,(H,15,20)(H,18,19). The summed E-state index contributed by atoms with van der Waals surface area (Å²) in [4.78, 5) is 36.3. The van der Waals surface area contributed by atoms with Crippen LogP contribution in [0.15, 0.2) is 29.2 Å². The lowest BCUT2D eigenvalue weighted by molar-refractivity contribution is -0.139. The monoisotopic (exact) mass is 419 g/mol. The number of imide groups is 1. The molecular weight excluding hydrogens is 402 g/mol. The van der Waals surface area contributed by atoms with Gasteiger partial charge in [0, 0.05) is 6.26 Å². The van der Waals surface area contributed by atoms with E-state index in [0.29, 0.717) is 9.21 Å². The van der Waals surface area contributed by atoms with Gasteiger partial charge in [0.15, 0.2) is 15.9 Å². The maximum absolute atomic E-state index is 12.3. The van der Waals surface area contributed by atoms with Crippen LogP contribution in [0.5, 0.6) is 0 Å². The number of nitrogens with one attached hydrogen (secondary N) is 1. The molecule has 11 nitrogen and oxygen atoms in total. The molecule has 1 aliphatic heterocycles. The number of benzene rings is 1. The van der Waals surface area contributed by atoms with Gasteiger partial charge in [-0.1, -0.05) is 12.1 Å². The fraction of sp³-hybridized carbons (Fsp3) is 0.357. The summed E-state index contributed by atoms with van der Waals surface area (Å²) in [6.45, 7) is -0.455. The molecule has 13 heteroatoms. The Labute approximate surface area is 155 Å². The van der Waals surface area contributed by atoms with Crippen LogP contribution < -0.4 is 5.32 Å². The molecule has 0 bridgehead atoms. The van der Waals surface area contributed by atoms with Gasteiger partial charge in [0.05, 0.1) is 24.2 Å². The third-order valence-electron chi connectivity index (χ3n) is 3.77. The Morgan fingerprint density at radius 3 is 2.04 bits per heavy atom. The van der Waals surface area contributed by atoms with E-state index in [9.17, 15) is 36.3 Å². The minimum atomic E-state index is -3.84. The minimum Gasteiger partial charge on any atom is -0.479 e. The van der Waals surface area contributed by atoms with Gasteiger partial charge >= 0.3 is 18.0 Å². The summed E-state index contributed by atoms with van der Waals surface area (Å²) in [7, 11) is -7.32. The molecule has 148 valence electrons. The van der Waals surface area contributed by atoms with Gasteiger partial charge in [-0.15, -0.1) is 0 Å². The van der Waals surface area contributed by atoms with E-state index in [1.54, 1.807) is 0 Å². The molecule has 1 atom stereocenters. The van der Waals surface area contributed by atoms with E-state index in [1.807, 2.05) is 0 Å². The molecule has 1 saturated heterocycles. The lowest BCUT2D eigenvalue weighted by Crippen LogP contribution is -2.46. The largest absolute Gasteiger partial charge is 0.479 e. The number of amides is 4. The van der Waals surface area contributed by atoms with Crippen molar-refractivity contribution in [3.05, 3.63) is 29.8 Å². The molecule has 0 radical (unpaired) electrons. The summed E-state index contributed by atoms with van der Waals surface area (Å²) in [6.07, 6.45) is 1.81. The minimum absolute atomic E-state index is 0.0276. The second kappa shape index (κ2) is 7.15. The Balaban J connectivity index is 2.21. The van der Waals surface area contributed by atoms with Crippen LogP contribution in [0, 0.1) is 0 Å². The fourth-order valence-corrected chi connectivity index (χ4v) is 3.84. The van der Waals surface area contributed by atoms with Crippen LogP contribution in [0.1, 0.15) is 11.6 Å². The molecule has 27 heavy (non-hydrogen) atoms. The molecule has 0 aliphatic carbocycles. The number of carbonyl (C=O) groups excluding carboxylic acids is 2. The number of hydrogen-bond donors (Lipinski definition) is 2. The molecule has 4 amide bonds. The molecule has 0 aromatic heterocycles. The van der Waals surface area contributed by atoms with Gasteiger partial charge in [-0.2, -0.15) is 0 Å². The van der Waals surface area contributed by atoms with E-state index < -0.39 is 43.9 Å². The highest BCUT2D eigenvalue weighted by molar-refractivity contribution is 7.90. The number of sulfone groups is 1. The van der Waals surface area contributed by atoms with E-state index in [2.05, 4.69) is 5.32 Å². The Bertz CT molecular complexity index is 986. The van der Waals surface area contributed by atoms with Crippen LogP contribution >= 0.6 is 0 Å². The number of carbonyl (C=O) groups is 3. The average molecular weight is 419 g/mol. The number of nitrogens with zero attached hydrogens (tertiary/aromatic N) is 2. The van der Waals surface area contributed by atoms with E-state index in [1.165, 1.54) is 24.3 Å². The average Bonchev–Trinajstić information content (AvgIpc) is 2.93. The van der Waals surface area contributed by atoms with Crippen LogP contribution in [0.2, 0.25) is 0 Å². The lowest BCUT2D eigenvalue weighted by Gasteiger charge is -2.20. The summed E-state index contributed by atoms with van der Waals surface area (Å²) < 4.78 is 46.4. The predicted octanol–water partition coefficient (Wildman–Crippen LogP) is -0.377. The van der Waals surface area contributed by atoms with E-state index in [-0.39, 0.29) is 23.5 Å². The second-order valence-corrected chi connectivity index (χ2v) is 9.75. The van der Waals surface area contributed by atoms with Crippen molar-refractivity contribution in [1.82, 2.24) is 14.5 Å². The number of sulfonamides is 1. The van der Waals surface area contributed by atoms with Crippen LogP contribution in [-0.4, -0.2) is 74.8 Å². The number of carboxylic acid groups (broad SMARTS) is 1. The zero-order chi connectivity index (χ0) is 20.6. The molecule has 1 heterocycles. The molecule has 1 fully saturated rings. The summed E-state index contributed by atoms with van der Waals surface area (Å²) >= 11 is 0. The first-order valence-corrected chi connectivity index (χ1v) is 11.2. The third kappa shape index (κ3) is 4.54. The zero-order valence-corrected chi connectivity index (χ0v) is 15.9. The normalized spacial score (nSPS) is 16.3. The third-order valence-corrected chi connectivity index (χ3v) is 6.04. The van der Waals surface area contributed by atoms with Gasteiger partial charge in [-0.3, -0.25) is 0 Å². The highest BCUT2D eigenvalue weighted by Gasteiger charge is 2.39. The molecule has 0 saturated carbocycles. The SMILES string of the molecule is CS(=O)(=O)c1ccc(C(NC(=O)N2CCN(S(C)(=O)=O)C2=O)C(=O)O)cc1. The zero-order valence-electron chi connectivity index (χ0n) is 14.3. The fourth-order valence-electron chi connectivity index (χ4n) is 2.41. The summed E-state index contributed by atoms with van der Waals surface area (Å²) in [5.41, 5.74) is 0.0786. The number of urea groups is 2. The molecule has 2 rings (SSSR count). The quantitative estimate of drug-likeness (QED) is 0.654.